The van der Waals surface area contributed by atoms with Gasteiger partial charge in [-0.1, -0.05) is 36.4 Å². The van der Waals surface area contributed by atoms with Crippen molar-refractivity contribution in [2.24, 2.45) is 7.05 Å². The smallest absolute Gasteiger partial charge is 0.416 e. The number of benzene rings is 4. The minimum atomic E-state index is -4.52. The largest absolute Gasteiger partial charge is 0.496 e. The first kappa shape index (κ1) is 31.7. The van der Waals surface area contributed by atoms with E-state index in [1.54, 1.807) is 43.7 Å². The third kappa shape index (κ3) is 5.66. The predicted octanol–water partition coefficient (Wildman–Crippen LogP) is 7.14. The summed E-state index contributed by atoms with van der Waals surface area (Å²) in [5.41, 5.74) is -0.533. The molecule has 5 aromatic rings. The first-order chi connectivity index (χ1) is 22.2. The molecule has 0 bridgehead atoms. The molecular formula is C36H30F3NO7. The number of aromatic nitrogens is 1. The van der Waals surface area contributed by atoms with Crippen LogP contribution in [-0.2, 0) is 34.0 Å². The molecule has 1 atom stereocenters. The van der Waals surface area contributed by atoms with Crippen molar-refractivity contribution in [2.75, 3.05) is 7.11 Å². The van der Waals surface area contributed by atoms with Gasteiger partial charge in [0.2, 0.25) is 5.43 Å². The number of fused-ring (bicyclic) bond motifs is 5. The van der Waals surface area contributed by atoms with E-state index < -0.39 is 40.8 Å². The van der Waals surface area contributed by atoms with Gasteiger partial charge in [-0.25, -0.2) is 4.79 Å². The SMILES string of the molecule is COc1cc2c(c3c1c(=O)c1c(OC(C)=O)c4ccccc4cc1n3C)CC(OC(=O)/C=C\c1cccc(C(F)(F)F)c1)C(C)(C)O2. The normalized spacial score (nSPS) is 15.9. The minimum absolute atomic E-state index is 0.143. The van der Waals surface area contributed by atoms with Crippen molar-refractivity contribution < 1.29 is 41.7 Å². The summed E-state index contributed by atoms with van der Waals surface area (Å²) in [7, 11) is 3.21. The quantitative estimate of drug-likeness (QED) is 0.0869. The van der Waals surface area contributed by atoms with Gasteiger partial charge >= 0.3 is 18.1 Å². The molecule has 0 aliphatic carbocycles. The highest BCUT2D eigenvalue weighted by atomic mass is 19.4. The zero-order chi connectivity index (χ0) is 33.8. The summed E-state index contributed by atoms with van der Waals surface area (Å²) in [5, 5.41) is 1.77. The van der Waals surface area contributed by atoms with Crippen molar-refractivity contribution in [2.45, 2.75) is 45.1 Å². The van der Waals surface area contributed by atoms with Crippen LogP contribution < -0.4 is 19.6 Å². The van der Waals surface area contributed by atoms with Crippen molar-refractivity contribution in [3.05, 3.63) is 93.7 Å². The van der Waals surface area contributed by atoms with Gasteiger partial charge in [0.1, 0.15) is 23.2 Å². The number of hydrogen-bond acceptors (Lipinski definition) is 7. The maximum absolute atomic E-state index is 14.4. The first-order valence-electron chi connectivity index (χ1n) is 14.7. The van der Waals surface area contributed by atoms with E-state index in [1.165, 1.54) is 32.2 Å². The Labute approximate surface area is 266 Å². The van der Waals surface area contributed by atoms with Crippen molar-refractivity contribution in [1.29, 1.82) is 0 Å². The molecule has 0 amide bonds. The Bertz CT molecular complexity index is 2200. The summed E-state index contributed by atoms with van der Waals surface area (Å²) in [6, 6.07) is 15.3. The number of carbonyl (C=O) groups is 2. The summed E-state index contributed by atoms with van der Waals surface area (Å²) >= 11 is 0. The number of halogens is 3. The number of ether oxygens (including phenoxy) is 4. The van der Waals surface area contributed by atoms with Crippen molar-refractivity contribution in [3.63, 3.8) is 0 Å². The summed E-state index contributed by atoms with van der Waals surface area (Å²) < 4.78 is 64.7. The number of rotatable bonds is 5. The number of esters is 2. The van der Waals surface area contributed by atoms with E-state index in [-0.39, 0.29) is 34.3 Å². The van der Waals surface area contributed by atoms with E-state index >= 15 is 0 Å². The van der Waals surface area contributed by atoms with Gasteiger partial charge in [0.25, 0.3) is 0 Å². The number of nitrogens with zero attached hydrogens (tertiary/aromatic N) is 1. The molecule has 2 heterocycles. The maximum Gasteiger partial charge on any atom is 0.416 e. The molecule has 0 fully saturated rings. The maximum atomic E-state index is 14.4. The Morgan fingerprint density at radius 2 is 1.79 bits per heavy atom. The standard InChI is InChI=1S/C36H30F3NO7/c1-19(41)45-34-23-12-7-6-10-21(23)16-25-30(34)33(43)31-27(44-5)18-26-24(32(31)40(25)4)17-28(35(2,3)47-26)46-29(42)14-13-20-9-8-11-22(15-20)36(37,38)39/h6-16,18,28H,17H2,1-5H3/b14-13-. The molecular weight excluding hydrogens is 615 g/mol. The van der Waals surface area contributed by atoms with E-state index in [2.05, 4.69) is 0 Å². The molecule has 8 nitrogen and oxygen atoms in total. The van der Waals surface area contributed by atoms with Crippen molar-refractivity contribution >= 4 is 50.6 Å². The summed E-state index contributed by atoms with van der Waals surface area (Å²) in [6.45, 7) is 4.77. The number of hydrogen-bond donors (Lipinski definition) is 0. The van der Waals surface area contributed by atoms with Gasteiger partial charge in [0.15, 0.2) is 5.75 Å². The molecule has 242 valence electrons. The van der Waals surface area contributed by atoms with Crippen LogP contribution >= 0.6 is 0 Å². The molecule has 1 aliphatic heterocycles. The molecule has 47 heavy (non-hydrogen) atoms. The van der Waals surface area contributed by atoms with Gasteiger partial charge in [-0.2, -0.15) is 13.2 Å². The molecule has 0 N–H and O–H groups in total. The van der Waals surface area contributed by atoms with Gasteiger partial charge in [0, 0.05) is 43.5 Å². The second kappa shape index (κ2) is 11.5. The van der Waals surface area contributed by atoms with E-state index in [1.807, 2.05) is 18.2 Å². The average Bonchev–Trinajstić information content (AvgIpc) is 3.01. The van der Waals surface area contributed by atoms with E-state index in [9.17, 15) is 27.6 Å². The highest BCUT2D eigenvalue weighted by molar-refractivity contribution is 6.10. The van der Waals surface area contributed by atoms with Crippen LogP contribution in [0, 0.1) is 0 Å². The lowest BCUT2D eigenvalue weighted by Crippen LogP contribution is -2.48. The number of aryl methyl sites for hydroxylation is 1. The van der Waals surface area contributed by atoms with Crippen LogP contribution in [-0.4, -0.2) is 35.3 Å². The van der Waals surface area contributed by atoms with E-state index in [4.69, 9.17) is 18.9 Å². The first-order valence-corrected chi connectivity index (χ1v) is 14.7. The molecule has 1 aliphatic rings. The molecule has 0 spiro atoms. The highest BCUT2D eigenvalue weighted by Gasteiger charge is 2.41. The van der Waals surface area contributed by atoms with Gasteiger partial charge < -0.3 is 23.5 Å². The van der Waals surface area contributed by atoms with Crippen LogP contribution in [0.25, 0.3) is 38.7 Å². The topological polar surface area (TPSA) is 93.1 Å². The van der Waals surface area contributed by atoms with Gasteiger partial charge in [-0.3, -0.25) is 9.59 Å². The molecule has 0 radical (unpaired) electrons. The predicted molar refractivity (Wildman–Crippen MR) is 171 cm³/mol. The molecule has 1 aromatic heterocycles. The lowest BCUT2D eigenvalue weighted by atomic mass is 9.88. The van der Waals surface area contributed by atoms with Crippen LogP contribution in [0.15, 0.2) is 71.5 Å². The Kier molecular flexibility index (Phi) is 7.73. The van der Waals surface area contributed by atoms with Gasteiger partial charge in [-0.05, 0) is 49.1 Å². The average molecular weight is 646 g/mol. The summed E-state index contributed by atoms with van der Waals surface area (Å²) in [4.78, 5) is 39.5. The molecule has 1 unspecified atom stereocenters. The number of carbonyl (C=O) groups excluding carboxylic acids is 2. The second-order valence-electron chi connectivity index (χ2n) is 11.9. The minimum Gasteiger partial charge on any atom is -0.496 e. The zero-order valence-corrected chi connectivity index (χ0v) is 26.2. The highest BCUT2D eigenvalue weighted by Crippen LogP contribution is 2.44. The number of methoxy groups -OCH3 is 1. The van der Waals surface area contributed by atoms with Crippen LogP contribution in [0.2, 0.25) is 0 Å². The third-order valence-corrected chi connectivity index (χ3v) is 8.35. The zero-order valence-electron chi connectivity index (χ0n) is 26.2. The van der Waals surface area contributed by atoms with Gasteiger partial charge in [-0.15, -0.1) is 0 Å². The van der Waals surface area contributed by atoms with Crippen molar-refractivity contribution in [3.8, 4) is 17.2 Å². The third-order valence-electron chi connectivity index (χ3n) is 8.35. The fraction of sp³-hybridized carbons (Fsp3) is 0.250. The van der Waals surface area contributed by atoms with E-state index in [0.29, 0.717) is 27.7 Å². The Balaban J connectivity index is 1.47. The van der Waals surface area contributed by atoms with Crippen LogP contribution in [0.1, 0.15) is 37.5 Å². The Hall–Kier alpha value is -5.32. The number of pyridine rings is 1. The Morgan fingerprint density at radius 3 is 2.49 bits per heavy atom. The van der Waals surface area contributed by atoms with Crippen LogP contribution in [0.3, 0.4) is 0 Å². The molecule has 0 saturated heterocycles. The van der Waals surface area contributed by atoms with Crippen LogP contribution in [0.4, 0.5) is 13.2 Å². The summed E-state index contributed by atoms with van der Waals surface area (Å²) in [6.07, 6.45) is -2.90. The molecule has 0 saturated carbocycles. The fourth-order valence-corrected chi connectivity index (χ4v) is 6.11. The molecule has 6 rings (SSSR count). The van der Waals surface area contributed by atoms with E-state index in [0.717, 1.165) is 23.6 Å². The van der Waals surface area contributed by atoms with Gasteiger partial charge in [0.05, 0.1) is 34.5 Å². The lowest BCUT2D eigenvalue weighted by Gasteiger charge is -2.39. The Morgan fingerprint density at radius 1 is 1.04 bits per heavy atom. The second-order valence-corrected chi connectivity index (χ2v) is 11.9. The van der Waals surface area contributed by atoms with Crippen molar-refractivity contribution in [1.82, 2.24) is 4.57 Å². The molecule has 4 aromatic carbocycles. The van der Waals surface area contributed by atoms with Crippen LogP contribution in [0.5, 0.6) is 17.2 Å². The fourth-order valence-electron chi connectivity index (χ4n) is 6.11. The summed E-state index contributed by atoms with van der Waals surface area (Å²) in [5.74, 6) is -0.531. The lowest BCUT2D eigenvalue weighted by molar-refractivity contribution is -0.155. The molecule has 11 heteroatoms. The monoisotopic (exact) mass is 645 g/mol. The number of alkyl halides is 3.